The summed E-state index contributed by atoms with van der Waals surface area (Å²) in [7, 11) is -2.14. The quantitative estimate of drug-likeness (QED) is 0.409. The average Bonchev–Trinajstić information content (AvgIpc) is 3.29. The van der Waals surface area contributed by atoms with Gasteiger partial charge >= 0.3 is 0 Å². The highest BCUT2D eigenvalue weighted by Crippen LogP contribution is 2.54. The summed E-state index contributed by atoms with van der Waals surface area (Å²) in [6.45, 7) is 11.4. The van der Waals surface area contributed by atoms with Crippen LogP contribution in [0.4, 0.5) is 10.1 Å². The number of nitrogens with zero attached hydrogens (tertiary/aromatic N) is 3. The number of carbonyl (C=O) groups is 1. The Morgan fingerprint density at radius 2 is 1.95 bits per heavy atom. The first-order valence-corrected chi connectivity index (χ1v) is 22.2. The van der Waals surface area contributed by atoms with Gasteiger partial charge in [0, 0.05) is 69.9 Å². The molecule has 4 bridgehead atoms. The van der Waals surface area contributed by atoms with E-state index in [1.807, 2.05) is 20.1 Å². The van der Waals surface area contributed by atoms with E-state index < -0.39 is 32.2 Å². The van der Waals surface area contributed by atoms with Crippen molar-refractivity contribution in [1.82, 2.24) is 14.5 Å². The molecule has 8 aliphatic rings. The Morgan fingerprint density at radius 3 is 2.73 bits per heavy atom. The fourth-order valence-electron chi connectivity index (χ4n) is 11.1. The molecule has 298 valence electrons. The fraction of sp³-hybridized carbons (Fsp3) is 0.643. The van der Waals surface area contributed by atoms with Crippen LogP contribution in [0, 0.1) is 29.5 Å². The highest BCUT2D eigenvalue weighted by molar-refractivity contribution is 7.90. The van der Waals surface area contributed by atoms with Crippen LogP contribution in [0.1, 0.15) is 67.4 Å². The Kier molecular flexibility index (Phi) is 9.81. The van der Waals surface area contributed by atoms with E-state index in [0.717, 1.165) is 89.3 Å². The maximum Gasteiger partial charge on any atom is 0.264 e. The normalized spacial score (nSPS) is 36.1. The number of amides is 1. The number of sulfonamides is 1. The lowest BCUT2D eigenvalue weighted by atomic mass is 9.58. The largest absolute Gasteiger partial charge is 0.490 e. The topological polar surface area (TPSA) is 101 Å². The van der Waals surface area contributed by atoms with E-state index in [4.69, 9.17) is 25.8 Å². The molecule has 5 heterocycles. The number of piperazine rings is 1. The van der Waals surface area contributed by atoms with E-state index in [-0.39, 0.29) is 40.1 Å². The molecular weight excluding hydrogens is 743 g/mol. The first-order chi connectivity index (χ1) is 26.4. The second kappa shape index (κ2) is 14.3. The molecular formula is C42H54ClFN4O6S. The molecule has 2 aromatic carbocycles. The minimum atomic E-state index is -4.00. The molecule has 3 aliphatic carbocycles. The number of hydrogen-bond donors (Lipinski definition) is 1. The van der Waals surface area contributed by atoms with Gasteiger partial charge in [-0.1, -0.05) is 30.7 Å². The van der Waals surface area contributed by atoms with Crippen molar-refractivity contribution in [3.8, 4) is 5.75 Å². The summed E-state index contributed by atoms with van der Waals surface area (Å²) in [4.78, 5) is 21.2. The van der Waals surface area contributed by atoms with Gasteiger partial charge in [-0.15, -0.1) is 0 Å². The standard InChI is InChI=1S/C42H54ClFN4O6S/c1-26-27(2)55(50,51)45-40(49)28-7-11-38-37(19-28)48(23-41(25-54-38)12-4-5-33-35(41)9-10-36(43)39(33)44)20-29-6-8-34(29)42(52-3,31-17-30(26)18-31)24-46-13-14-47-15-16-53-22-32(47)21-46/h7,9-11,17,19,26-27,29-30,32,34H,4-6,8,12-16,18,20-25H2,1-3H3,(H,45,49)/t26-,27-,29+,30+,32+,34-,41+,42+/m1/s1. The lowest BCUT2D eigenvalue weighted by Gasteiger charge is -2.57. The fourth-order valence-corrected chi connectivity index (χ4v) is 12.6. The van der Waals surface area contributed by atoms with Crippen LogP contribution in [0.5, 0.6) is 5.75 Å². The summed E-state index contributed by atoms with van der Waals surface area (Å²) < 4.78 is 65.0. The number of halogens is 2. The third-order valence-electron chi connectivity index (χ3n) is 14.8. The van der Waals surface area contributed by atoms with Gasteiger partial charge in [0.05, 0.1) is 35.8 Å². The predicted molar refractivity (Wildman–Crippen MR) is 210 cm³/mol. The third kappa shape index (κ3) is 6.41. The molecule has 0 unspecified atom stereocenters. The van der Waals surface area contributed by atoms with Crippen molar-refractivity contribution in [2.24, 2.45) is 23.7 Å². The maximum absolute atomic E-state index is 15.6. The molecule has 5 aliphatic heterocycles. The number of morpholine rings is 1. The number of methoxy groups -OCH3 is 1. The molecule has 3 fully saturated rings. The van der Waals surface area contributed by atoms with Gasteiger partial charge in [0.15, 0.2) is 0 Å². The number of nitrogens with one attached hydrogen (secondary N) is 1. The number of allylic oxidation sites excluding steroid dienone is 1. The number of ether oxygens (including phenoxy) is 3. The van der Waals surface area contributed by atoms with Crippen LogP contribution in [0.25, 0.3) is 0 Å². The van der Waals surface area contributed by atoms with Gasteiger partial charge in [-0.25, -0.2) is 17.5 Å². The predicted octanol–water partition coefficient (Wildman–Crippen LogP) is 5.42. The van der Waals surface area contributed by atoms with Crippen molar-refractivity contribution in [3.63, 3.8) is 0 Å². The molecule has 0 aromatic heterocycles. The third-order valence-corrected chi connectivity index (χ3v) is 16.9. The van der Waals surface area contributed by atoms with Crippen molar-refractivity contribution in [2.75, 3.05) is 77.6 Å². The van der Waals surface area contributed by atoms with Crippen molar-refractivity contribution >= 4 is 33.2 Å². The van der Waals surface area contributed by atoms with Gasteiger partial charge in [-0.2, -0.15) is 0 Å². The van der Waals surface area contributed by atoms with Gasteiger partial charge < -0.3 is 19.1 Å². The molecule has 10 rings (SSSR count). The number of carbonyl (C=O) groups excluding carboxylic acids is 1. The van der Waals surface area contributed by atoms with Crippen LogP contribution in [0.3, 0.4) is 0 Å². The molecule has 1 amide bonds. The van der Waals surface area contributed by atoms with Gasteiger partial charge in [0.2, 0.25) is 10.0 Å². The van der Waals surface area contributed by atoms with E-state index in [0.29, 0.717) is 43.5 Å². The maximum atomic E-state index is 15.6. The van der Waals surface area contributed by atoms with Crippen LogP contribution in [0.15, 0.2) is 42.0 Å². The minimum absolute atomic E-state index is 0.0509. The van der Waals surface area contributed by atoms with Crippen LogP contribution in [-0.2, 0) is 31.3 Å². The smallest absolute Gasteiger partial charge is 0.264 e. The molecule has 55 heavy (non-hydrogen) atoms. The second-order valence-corrected chi connectivity index (χ2v) is 20.0. The highest BCUT2D eigenvalue weighted by atomic mass is 35.5. The molecule has 1 spiro atoms. The summed E-state index contributed by atoms with van der Waals surface area (Å²) in [5.74, 6) is -0.0353. The number of benzene rings is 2. The SMILES string of the molecule is CO[C@@]1(CN2CCN3CCOC[C@@H]3C2)C2=C[C@@H](C2)[C@H](C)[C@@H](C)S(=O)(=O)NC(=O)c2ccc3c(c2)N(C[C@@H]2CC[C@H]21)C[C@@]1(CCCc2c1ccc(Cl)c2F)CO3. The van der Waals surface area contributed by atoms with Gasteiger partial charge in [-0.3, -0.25) is 14.6 Å². The van der Waals surface area contributed by atoms with Gasteiger partial charge in [0.1, 0.15) is 17.2 Å². The molecule has 10 nitrogen and oxygen atoms in total. The van der Waals surface area contributed by atoms with Crippen LogP contribution < -0.4 is 14.4 Å². The van der Waals surface area contributed by atoms with Crippen molar-refractivity contribution in [3.05, 3.63) is 69.5 Å². The zero-order valence-electron chi connectivity index (χ0n) is 32.2. The zero-order chi connectivity index (χ0) is 38.3. The Hall–Kier alpha value is -2.74. The summed E-state index contributed by atoms with van der Waals surface area (Å²) in [6, 6.07) is 9.21. The Bertz CT molecular complexity index is 2000. The first-order valence-electron chi connectivity index (χ1n) is 20.3. The van der Waals surface area contributed by atoms with Crippen LogP contribution in [0.2, 0.25) is 5.02 Å². The zero-order valence-corrected chi connectivity index (χ0v) is 33.8. The second-order valence-electron chi connectivity index (χ2n) is 17.5. The highest BCUT2D eigenvalue weighted by Gasteiger charge is 2.55. The number of anilines is 1. The van der Waals surface area contributed by atoms with Crippen LogP contribution >= 0.6 is 11.6 Å². The van der Waals surface area contributed by atoms with E-state index in [2.05, 4.69) is 25.5 Å². The summed E-state index contributed by atoms with van der Waals surface area (Å²) in [5.41, 5.74) is 2.81. The Labute approximate surface area is 329 Å². The van der Waals surface area contributed by atoms with Crippen LogP contribution in [-0.4, -0.2) is 114 Å². The van der Waals surface area contributed by atoms with Gasteiger partial charge in [0.25, 0.3) is 5.91 Å². The van der Waals surface area contributed by atoms with E-state index in [9.17, 15) is 13.2 Å². The van der Waals surface area contributed by atoms with E-state index in [1.165, 1.54) is 5.57 Å². The van der Waals surface area contributed by atoms with Crippen molar-refractivity contribution in [2.45, 2.75) is 74.7 Å². The molecule has 0 radical (unpaired) electrons. The molecule has 1 N–H and O–H groups in total. The average molecular weight is 797 g/mol. The van der Waals surface area contributed by atoms with Crippen molar-refractivity contribution < 1.29 is 31.8 Å². The van der Waals surface area contributed by atoms with Gasteiger partial charge in [-0.05, 0) is 110 Å². The van der Waals surface area contributed by atoms with Crippen molar-refractivity contribution in [1.29, 1.82) is 0 Å². The summed E-state index contributed by atoms with van der Waals surface area (Å²) >= 11 is 6.32. The lowest BCUT2D eigenvalue weighted by Crippen LogP contribution is -2.64. The summed E-state index contributed by atoms with van der Waals surface area (Å²) in [5, 5.41) is -0.660. The summed E-state index contributed by atoms with van der Waals surface area (Å²) in [6.07, 6.45) is 7.32. The lowest BCUT2D eigenvalue weighted by molar-refractivity contribution is -0.119. The molecule has 13 heteroatoms. The minimum Gasteiger partial charge on any atom is -0.490 e. The molecule has 2 aromatic rings. The first kappa shape index (κ1) is 37.8. The van der Waals surface area contributed by atoms with E-state index >= 15 is 4.39 Å². The number of fused-ring (bicyclic) bond motifs is 7. The Morgan fingerprint density at radius 1 is 1.11 bits per heavy atom. The molecule has 2 saturated heterocycles. The Balaban J connectivity index is 1.13. The molecule has 8 atom stereocenters. The van der Waals surface area contributed by atoms with E-state index in [1.54, 1.807) is 31.2 Å². The molecule has 1 saturated carbocycles. The number of hydrogen-bond acceptors (Lipinski definition) is 9. The number of rotatable bonds is 3. The monoisotopic (exact) mass is 796 g/mol.